The maximum absolute atomic E-state index is 12.8. The first-order valence-electron chi connectivity index (χ1n) is 30.9. The van der Waals surface area contributed by atoms with Crippen LogP contribution in [-0.4, -0.2) is 52.6 Å². The highest BCUT2D eigenvalue weighted by Crippen LogP contribution is 2.39. The van der Waals surface area contributed by atoms with Crippen molar-refractivity contribution >= 4 is 62.7 Å². The van der Waals surface area contributed by atoms with E-state index >= 15 is 0 Å². The molecule has 3 N–H and O–H groups in total. The van der Waals surface area contributed by atoms with Crippen molar-refractivity contribution in [2.45, 2.75) is 109 Å². The Kier molecular flexibility index (Phi) is 24.1. The summed E-state index contributed by atoms with van der Waals surface area (Å²) >= 11 is 3.35. The lowest BCUT2D eigenvalue weighted by atomic mass is 9.95. The smallest absolute Gasteiger partial charge is 0.416 e. The lowest BCUT2D eigenvalue weighted by Gasteiger charge is -2.30. The van der Waals surface area contributed by atoms with Crippen molar-refractivity contribution < 1.29 is 78.4 Å². The summed E-state index contributed by atoms with van der Waals surface area (Å²) in [5, 5.41) is 19.6. The second kappa shape index (κ2) is 32.0. The third-order valence-corrected chi connectivity index (χ3v) is 16.6. The van der Waals surface area contributed by atoms with Crippen LogP contribution < -0.4 is 15.1 Å². The molecule has 98 heavy (non-hydrogen) atoms. The molecule has 3 heterocycles. The molecule has 0 bridgehead atoms. The van der Waals surface area contributed by atoms with Gasteiger partial charge in [-0.3, -0.25) is 14.4 Å². The van der Waals surface area contributed by atoms with Gasteiger partial charge in [0.2, 0.25) is 17.7 Å². The van der Waals surface area contributed by atoms with E-state index in [1.165, 1.54) is 54.1 Å². The monoisotopic (exact) mass is 1410 g/mol. The number of aliphatic hydroxyl groups is 1. The van der Waals surface area contributed by atoms with Gasteiger partial charge in [-0.2, -0.15) is 39.5 Å². The maximum atomic E-state index is 12.8. The summed E-state index contributed by atoms with van der Waals surface area (Å²) in [7, 11) is 1.00. The fourth-order valence-corrected chi connectivity index (χ4v) is 11.2. The van der Waals surface area contributed by atoms with Gasteiger partial charge in [0, 0.05) is 48.8 Å². The zero-order valence-electron chi connectivity index (χ0n) is 53.9. The van der Waals surface area contributed by atoms with E-state index in [0.717, 1.165) is 127 Å². The SMILES string of the molecule is CC(C)(C)OC(=O)c1ccc(CBr)cc1.CO.Cc1ccc(CN2C(=O)CCc3cc(-c4ccc(C(F)(F)F)cc4)ccc32)cc1.O=C(O)c1ccc(CN2C(=O)CCc3cc(-c4ccc(C(F)(F)F)cc4)ccc32)cc1.O=C1CCc2cc(-c3ccc(C(F)(F)F)cc3)ccc2N1. The van der Waals surface area contributed by atoms with Gasteiger partial charge in [0.15, 0.2) is 0 Å². The van der Waals surface area contributed by atoms with Crippen molar-refractivity contribution in [3.05, 3.63) is 267 Å². The van der Waals surface area contributed by atoms with Crippen LogP contribution >= 0.6 is 15.9 Å². The molecule has 3 amide bonds. The number of carboxylic acid groups (broad SMARTS) is 1. The van der Waals surface area contributed by atoms with Gasteiger partial charge in [-0.1, -0.05) is 125 Å². The molecule has 3 aliphatic heterocycles. The first-order valence-corrected chi connectivity index (χ1v) is 32.0. The van der Waals surface area contributed by atoms with Gasteiger partial charge in [-0.25, -0.2) is 9.59 Å². The number of nitrogens with one attached hydrogen (secondary N) is 1. The number of halogens is 10. The van der Waals surface area contributed by atoms with Crippen molar-refractivity contribution in [3.63, 3.8) is 0 Å². The quantitative estimate of drug-likeness (QED) is 0.0695. The van der Waals surface area contributed by atoms with Gasteiger partial charge in [-0.05, 0) is 211 Å². The van der Waals surface area contributed by atoms with E-state index in [1.807, 2.05) is 100 Å². The first kappa shape index (κ1) is 73.9. The Morgan fingerprint density at radius 2 is 0.796 bits per heavy atom. The summed E-state index contributed by atoms with van der Waals surface area (Å²) in [5.74, 6) is -1.24. The third-order valence-electron chi connectivity index (χ3n) is 15.9. The number of hydrogen-bond donors (Lipinski definition) is 3. The molecular formula is C77H69BrF9N3O8. The number of hydrogen-bond acceptors (Lipinski definition) is 7. The van der Waals surface area contributed by atoms with Crippen LogP contribution in [0, 0.1) is 6.92 Å². The number of benzene rings is 9. The highest BCUT2D eigenvalue weighted by atomic mass is 79.9. The second-order valence-electron chi connectivity index (χ2n) is 24.1. The second-order valence-corrected chi connectivity index (χ2v) is 24.7. The summed E-state index contributed by atoms with van der Waals surface area (Å²) in [6.07, 6.45) is -10.0. The Morgan fingerprint density at radius 1 is 0.449 bits per heavy atom. The number of nitrogens with zero attached hydrogens (tertiary/aromatic N) is 2. The van der Waals surface area contributed by atoms with Crippen LogP contribution in [0.5, 0.6) is 0 Å². The number of carbonyl (C=O) groups is 5. The number of aryl methyl sites for hydroxylation is 4. The van der Waals surface area contributed by atoms with E-state index in [-0.39, 0.29) is 29.3 Å². The molecule has 21 heteroatoms. The lowest BCUT2D eigenvalue weighted by molar-refractivity contribution is -0.138. The minimum atomic E-state index is -4.38. The van der Waals surface area contributed by atoms with E-state index in [0.29, 0.717) is 62.7 Å². The predicted molar refractivity (Wildman–Crippen MR) is 364 cm³/mol. The van der Waals surface area contributed by atoms with Crippen molar-refractivity contribution in [3.8, 4) is 33.4 Å². The Morgan fingerprint density at radius 3 is 1.17 bits per heavy atom. The molecule has 0 unspecified atom stereocenters. The van der Waals surface area contributed by atoms with Crippen LogP contribution in [0.15, 0.2) is 200 Å². The molecule has 12 rings (SSSR count). The number of rotatable bonds is 10. The van der Waals surface area contributed by atoms with E-state index in [9.17, 15) is 63.5 Å². The Bertz CT molecular complexity index is 4270. The van der Waals surface area contributed by atoms with Crippen molar-refractivity contribution in [1.29, 1.82) is 0 Å². The molecule has 0 spiro atoms. The Labute approximate surface area is 569 Å². The van der Waals surface area contributed by atoms with Crippen LogP contribution in [0.4, 0.5) is 56.6 Å². The van der Waals surface area contributed by atoms with Crippen LogP contribution in [0.25, 0.3) is 33.4 Å². The summed E-state index contributed by atoms with van der Waals surface area (Å²) in [5.41, 5.74) is 12.5. The topological polar surface area (TPSA) is 154 Å². The van der Waals surface area contributed by atoms with E-state index in [2.05, 4.69) is 21.2 Å². The number of alkyl halides is 10. The molecule has 9 aromatic carbocycles. The number of aliphatic hydroxyl groups excluding tert-OH is 1. The summed E-state index contributed by atoms with van der Waals surface area (Å²) in [6.45, 7) is 8.41. The summed E-state index contributed by atoms with van der Waals surface area (Å²) in [6, 6.07) is 53.9. The number of carboxylic acids is 1. The van der Waals surface area contributed by atoms with Crippen molar-refractivity contribution in [2.24, 2.45) is 0 Å². The minimum absolute atomic E-state index is 0.00946. The molecule has 510 valence electrons. The Balaban J connectivity index is 0.000000170. The first-order chi connectivity index (χ1) is 46.4. The molecule has 0 aromatic heterocycles. The average molecular weight is 1420 g/mol. The van der Waals surface area contributed by atoms with Gasteiger partial charge >= 0.3 is 30.5 Å². The molecule has 11 nitrogen and oxygen atoms in total. The highest BCUT2D eigenvalue weighted by Gasteiger charge is 2.33. The summed E-state index contributed by atoms with van der Waals surface area (Å²) < 4.78 is 120. The number of carbonyl (C=O) groups excluding carboxylic acids is 4. The van der Waals surface area contributed by atoms with Crippen molar-refractivity contribution in [1.82, 2.24) is 0 Å². The standard InChI is InChI=1S/C24H18F3NO3.C24H20F3NO.C16H12F3NO.C12H15BrO2.CH4O/c25-24(26,27)20-9-5-16(6-10-20)18-7-11-21-19(13-18)8-12-22(29)28(21)14-15-1-3-17(4-2-15)23(30)31;1-16-2-4-17(5-3-16)15-28-22-12-8-19(14-20(22)9-13-23(28)29)18-6-10-21(11-7-18)24(25,26)27;17-16(18,19)13-5-1-10(2-6-13)11-3-7-14-12(9-11)4-8-15(21)20-14;1-12(2,3)15-11(14)10-6-4-9(8-13)5-7-10;1-2/h1-7,9-11,13H,8,12,14H2,(H,30,31);2-8,10-12,14H,9,13,15H2,1H3;1-3,5-7,9H,4,8H2,(H,20,21);4-7H,8H2,1-3H3;2H,1H3. The zero-order valence-corrected chi connectivity index (χ0v) is 55.5. The van der Waals surface area contributed by atoms with Gasteiger partial charge in [0.05, 0.1) is 40.9 Å². The molecule has 0 saturated heterocycles. The number of esters is 1. The van der Waals surface area contributed by atoms with Gasteiger partial charge in [0.1, 0.15) is 5.60 Å². The van der Waals surface area contributed by atoms with E-state index in [1.54, 1.807) is 52.3 Å². The maximum Gasteiger partial charge on any atom is 0.416 e. The zero-order chi connectivity index (χ0) is 71.3. The highest BCUT2D eigenvalue weighted by molar-refractivity contribution is 9.08. The van der Waals surface area contributed by atoms with Crippen molar-refractivity contribution in [2.75, 3.05) is 22.2 Å². The number of anilines is 3. The van der Waals surface area contributed by atoms with Crippen LogP contribution in [0.2, 0.25) is 0 Å². The molecule has 0 atom stereocenters. The lowest BCUT2D eigenvalue weighted by Crippen LogP contribution is -2.34. The molecule has 0 aliphatic carbocycles. The number of amides is 3. The van der Waals surface area contributed by atoms with Crippen LogP contribution in [0.3, 0.4) is 0 Å². The molecule has 3 aliphatic rings. The Hall–Kier alpha value is -9.86. The van der Waals surface area contributed by atoms with E-state index in [4.69, 9.17) is 14.9 Å². The fraction of sp³-hybridized carbons (Fsp3) is 0.234. The minimum Gasteiger partial charge on any atom is -0.478 e. The number of aromatic carboxylic acids is 1. The van der Waals surface area contributed by atoms with Gasteiger partial charge in [-0.15, -0.1) is 0 Å². The number of fused-ring (bicyclic) bond motifs is 3. The predicted octanol–water partition coefficient (Wildman–Crippen LogP) is 19.1. The summed E-state index contributed by atoms with van der Waals surface area (Å²) in [4.78, 5) is 62.5. The molecule has 0 fully saturated rings. The average Bonchev–Trinajstić information content (AvgIpc) is 0.792. The largest absolute Gasteiger partial charge is 0.478 e. The molecular weight excluding hydrogens is 1350 g/mol. The third kappa shape index (κ3) is 19.9. The number of ether oxygens (including phenoxy) is 1. The fourth-order valence-electron chi connectivity index (χ4n) is 10.8. The molecule has 0 radical (unpaired) electrons. The normalized spacial score (nSPS) is 13.4. The van der Waals surface area contributed by atoms with Gasteiger partial charge < -0.3 is 30.1 Å². The molecule has 0 saturated carbocycles. The van der Waals surface area contributed by atoms with Crippen LogP contribution in [-0.2, 0) is 75.3 Å². The van der Waals surface area contributed by atoms with Crippen LogP contribution in [0.1, 0.15) is 116 Å². The van der Waals surface area contributed by atoms with E-state index < -0.39 is 46.8 Å². The van der Waals surface area contributed by atoms with Gasteiger partial charge in [0.25, 0.3) is 0 Å². The molecule has 9 aromatic rings.